The van der Waals surface area contributed by atoms with E-state index in [1.807, 2.05) is 28.8 Å². The highest BCUT2D eigenvalue weighted by molar-refractivity contribution is 6.06. The molecule has 10 heteroatoms. The summed E-state index contributed by atoms with van der Waals surface area (Å²) in [6.07, 6.45) is 7.42. The normalized spacial score (nSPS) is 21.4. The second-order valence-electron chi connectivity index (χ2n) is 10.7. The van der Waals surface area contributed by atoms with Gasteiger partial charge in [-0.2, -0.15) is 0 Å². The highest BCUT2D eigenvalue weighted by Crippen LogP contribution is 2.36. The van der Waals surface area contributed by atoms with Crippen molar-refractivity contribution in [3.63, 3.8) is 0 Å². The fourth-order valence-corrected chi connectivity index (χ4v) is 6.23. The Morgan fingerprint density at radius 1 is 1.10 bits per heavy atom. The molecule has 9 nitrogen and oxygen atoms in total. The summed E-state index contributed by atoms with van der Waals surface area (Å²) in [5, 5.41) is 6.29. The number of pyridine rings is 2. The Hall–Kier alpha value is -4.02. The van der Waals surface area contributed by atoms with Gasteiger partial charge in [-0.1, -0.05) is 6.07 Å². The zero-order chi connectivity index (χ0) is 26.6. The number of carbonyl (C=O) groups excluding carboxylic acids is 1. The molecule has 3 aliphatic heterocycles. The number of halogens is 1. The van der Waals surface area contributed by atoms with E-state index in [1.54, 1.807) is 12.4 Å². The van der Waals surface area contributed by atoms with Crippen LogP contribution in [0.2, 0.25) is 0 Å². The fraction of sp³-hybridized carbons (Fsp3) is 0.345. The molecule has 200 valence electrons. The molecule has 4 aromatic rings. The summed E-state index contributed by atoms with van der Waals surface area (Å²) in [6.45, 7) is 4.95. The molecule has 0 saturated carbocycles. The minimum atomic E-state index is -0.338. The number of nitrogens with one attached hydrogen (secondary N) is 2. The summed E-state index contributed by atoms with van der Waals surface area (Å²) in [5.41, 5.74) is 5.32. The van der Waals surface area contributed by atoms with Crippen LogP contribution in [-0.2, 0) is 11.3 Å². The lowest BCUT2D eigenvalue weighted by molar-refractivity contribution is -0.108. The van der Waals surface area contributed by atoms with Crippen molar-refractivity contribution in [2.75, 3.05) is 50.1 Å². The number of fused-ring (bicyclic) bond motifs is 2. The number of anilines is 3. The Balaban J connectivity index is 1.14. The molecular formula is C29H30FN7O2. The standard InChI is InChI=1S/C29H30FN7O2/c1-35-11-12-39-29(17-35)8-2-9-36(18-29)20-3-6-25(31-14-20)34-23-5-4-21(22-15-33-28(38)27(22)23)24-16-32-26-13-19(30)7-10-37(24)26/h3-7,10,13-14,16H,2,8-9,11-12,15,17-18H2,1H3,(H,31,34)(H,33,38)/t29-/m1/s1. The second-order valence-corrected chi connectivity index (χ2v) is 10.7. The van der Waals surface area contributed by atoms with E-state index in [2.05, 4.69) is 43.5 Å². The van der Waals surface area contributed by atoms with Gasteiger partial charge >= 0.3 is 0 Å². The van der Waals surface area contributed by atoms with Gasteiger partial charge in [0.05, 0.1) is 47.2 Å². The van der Waals surface area contributed by atoms with Crippen LogP contribution in [0, 0.1) is 5.82 Å². The zero-order valence-corrected chi connectivity index (χ0v) is 21.8. The number of imidazole rings is 1. The smallest absolute Gasteiger partial charge is 0.254 e. The number of likely N-dealkylation sites (N-methyl/N-ethyl adjacent to an activating group) is 1. The summed E-state index contributed by atoms with van der Waals surface area (Å²) in [4.78, 5) is 26.6. The molecule has 2 saturated heterocycles. The number of benzene rings is 1. The van der Waals surface area contributed by atoms with Crippen molar-refractivity contribution in [2.45, 2.75) is 25.0 Å². The van der Waals surface area contributed by atoms with Crippen molar-refractivity contribution >= 4 is 28.7 Å². The molecule has 1 spiro atoms. The highest BCUT2D eigenvalue weighted by atomic mass is 19.1. The molecule has 39 heavy (non-hydrogen) atoms. The lowest BCUT2D eigenvalue weighted by Gasteiger charge is -2.47. The highest BCUT2D eigenvalue weighted by Gasteiger charge is 2.39. The van der Waals surface area contributed by atoms with E-state index in [9.17, 15) is 9.18 Å². The topological polar surface area (TPSA) is 87.0 Å². The van der Waals surface area contributed by atoms with Crippen molar-refractivity contribution < 1.29 is 13.9 Å². The van der Waals surface area contributed by atoms with E-state index in [4.69, 9.17) is 4.74 Å². The summed E-state index contributed by atoms with van der Waals surface area (Å²) in [7, 11) is 2.16. The van der Waals surface area contributed by atoms with E-state index >= 15 is 0 Å². The lowest BCUT2D eigenvalue weighted by Crippen LogP contribution is -2.59. The van der Waals surface area contributed by atoms with Gasteiger partial charge < -0.3 is 25.2 Å². The number of rotatable bonds is 4. The SMILES string of the molecule is CN1CCO[C@]2(CCCN(c3ccc(Nc4ccc(-c5cnc6cc(F)ccn56)c5c4C(=O)NC5)nc3)C2)C1. The number of hydrogen-bond donors (Lipinski definition) is 2. The molecule has 0 radical (unpaired) electrons. The maximum atomic E-state index is 13.7. The first kappa shape index (κ1) is 24.1. The molecule has 6 heterocycles. The average Bonchev–Trinajstić information content (AvgIpc) is 3.53. The van der Waals surface area contributed by atoms with Gasteiger partial charge in [-0.25, -0.2) is 14.4 Å². The van der Waals surface area contributed by atoms with Gasteiger partial charge in [0, 0.05) is 50.6 Å². The molecule has 2 fully saturated rings. The minimum absolute atomic E-state index is 0.118. The van der Waals surface area contributed by atoms with E-state index in [-0.39, 0.29) is 17.3 Å². The monoisotopic (exact) mass is 527 g/mol. The van der Waals surface area contributed by atoms with Crippen LogP contribution in [0.3, 0.4) is 0 Å². The molecule has 0 aliphatic carbocycles. The van der Waals surface area contributed by atoms with Crippen LogP contribution in [0.1, 0.15) is 28.8 Å². The van der Waals surface area contributed by atoms with Crippen molar-refractivity contribution in [1.29, 1.82) is 0 Å². The van der Waals surface area contributed by atoms with Gasteiger partial charge in [-0.3, -0.25) is 9.20 Å². The quantitative estimate of drug-likeness (QED) is 0.417. The molecule has 1 atom stereocenters. The van der Waals surface area contributed by atoms with Crippen LogP contribution in [0.15, 0.2) is 55.0 Å². The summed E-state index contributed by atoms with van der Waals surface area (Å²) in [5.74, 6) is 0.190. The van der Waals surface area contributed by atoms with Crippen LogP contribution in [-0.4, -0.2) is 70.6 Å². The Morgan fingerprint density at radius 3 is 2.87 bits per heavy atom. The van der Waals surface area contributed by atoms with Crippen LogP contribution < -0.4 is 15.5 Å². The Kier molecular flexibility index (Phi) is 5.75. The van der Waals surface area contributed by atoms with Gasteiger partial charge in [0.1, 0.15) is 17.3 Å². The van der Waals surface area contributed by atoms with Crippen LogP contribution in [0.4, 0.5) is 21.6 Å². The van der Waals surface area contributed by atoms with Crippen molar-refractivity contribution in [3.8, 4) is 11.3 Å². The lowest BCUT2D eigenvalue weighted by atomic mass is 9.90. The summed E-state index contributed by atoms with van der Waals surface area (Å²) >= 11 is 0. The van der Waals surface area contributed by atoms with E-state index in [0.717, 1.165) is 68.1 Å². The average molecular weight is 528 g/mol. The molecule has 0 unspecified atom stereocenters. The maximum absolute atomic E-state index is 13.7. The van der Waals surface area contributed by atoms with Crippen LogP contribution in [0.5, 0.6) is 0 Å². The van der Waals surface area contributed by atoms with Gasteiger partial charge in [-0.15, -0.1) is 0 Å². The van der Waals surface area contributed by atoms with Crippen molar-refractivity contribution in [1.82, 2.24) is 24.6 Å². The first-order valence-electron chi connectivity index (χ1n) is 13.4. The van der Waals surface area contributed by atoms with Crippen molar-refractivity contribution in [2.24, 2.45) is 0 Å². The second kappa shape index (κ2) is 9.32. The molecule has 7 rings (SSSR count). The minimum Gasteiger partial charge on any atom is -0.370 e. The maximum Gasteiger partial charge on any atom is 0.254 e. The van der Waals surface area contributed by atoms with E-state index < -0.39 is 0 Å². The third kappa shape index (κ3) is 4.29. The number of piperidine rings is 1. The molecule has 1 aromatic carbocycles. The molecular weight excluding hydrogens is 497 g/mol. The van der Waals surface area contributed by atoms with E-state index in [0.29, 0.717) is 29.3 Å². The van der Waals surface area contributed by atoms with Crippen LogP contribution >= 0.6 is 0 Å². The number of morpholine rings is 1. The number of aromatic nitrogens is 3. The molecule has 1 amide bonds. The van der Waals surface area contributed by atoms with Gasteiger partial charge in [0.15, 0.2) is 0 Å². The Bertz CT molecular complexity index is 1570. The summed E-state index contributed by atoms with van der Waals surface area (Å²) < 4.78 is 21.8. The fourth-order valence-electron chi connectivity index (χ4n) is 6.23. The third-order valence-corrected chi connectivity index (χ3v) is 8.07. The number of amides is 1. The predicted molar refractivity (Wildman–Crippen MR) is 147 cm³/mol. The van der Waals surface area contributed by atoms with Crippen LogP contribution in [0.25, 0.3) is 16.9 Å². The van der Waals surface area contributed by atoms with Gasteiger partial charge in [0.2, 0.25) is 0 Å². The molecule has 2 N–H and O–H groups in total. The zero-order valence-electron chi connectivity index (χ0n) is 21.8. The van der Waals surface area contributed by atoms with Gasteiger partial charge in [0.25, 0.3) is 5.91 Å². The number of hydrogen-bond acceptors (Lipinski definition) is 7. The van der Waals surface area contributed by atoms with E-state index in [1.165, 1.54) is 12.1 Å². The van der Waals surface area contributed by atoms with Gasteiger partial charge in [-0.05, 0) is 49.7 Å². The Labute approximate surface area is 225 Å². The first-order chi connectivity index (χ1) is 19.0. The molecule has 3 aliphatic rings. The Morgan fingerprint density at radius 2 is 2.03 bits per heavy atom. The summed E-state index contributed by atoms with van der Waals surface area (Å²) in [6, 6.07) is 10.7. The largest absolute Gasteiger partial charge is 0.370 e. The first-order valence-corrected chi connectivity index (χ1v) is 13.4. The number of ether oxygens (including phenoxy) is 1. The molecule has 0 bridgehead atoms. The van der Waals surface area contributed by atoms with Crippen molar-refractivity contribution in [3.05, 3.63) is 71.9 Å². The number of carbonyl (C=O) groups is 1. The predicted octanol–water partition coefficient (Wildman–Crippen LogP) is 3.82. The number of nitrogens with zero attached hydrogens (tertiary/aromatic N) is 5. The molecule has 3 aromatic heterocycles. The third-order valence-electron chi connectivity index (χ3n) is 8.07.